The van der Waals surface area contributed by atoms with Crippen LogP contribution < -0.4 is 5.73 Å². The normalized spacial score (nSPS) is 20.5. The Balaban J connectivity index is 2.34. The highest BCUT2D eigenvalue weighted by Gasteiger charge is 2.24. The molecule has 0 aromatic heterocycles. The van der Waals surface area contributed by atoms with Gasteiger partial charge in [0.1, 0.15) is 5.84 Å². The number of hydrogen-bond acceptors (Lipinski definition) is 4. The smallest absolute Gasteiger partial charge is 0.144 e. The number of amidine groups is 1. The standard InChI is InChI=1S/C10H21N3O2/c1-10(2,9(11)12-14)3-4-13-5-7-15-8-6-13/h14H,3-8H2,1-2H3,(H2,11,12). The molecule has 1 aliphatic heterocycles. The topological polar surface area (TPSA) is 71.1 Å². The number of ether oxygens (including phenoxy) is 1. The van der Waals surface area contributed by atoms with Crippen LogP contribution >= 0.6 is 0 Å². The number of nitrogens with zero attached hydrogens (tertiary/aromatic N) is 2. The van der Waals surface area contributed by atoms with Gasteiger partial charge in [0.25, 0.3) is 0 Å². The van der Waals surface area contributed by atoms with Gasteiger partial charge in [0.15, 0.2) is 0 Å². The second kappa shape index (κ2) is 5.32. The lowest BCUT2D eigenvalue weighted by atomic mass is 9.88. The van der Waals surface area contributed by atoms with Gasteiger partial charge < -0.3 is 15.7 Å². The van der Waals surface area contributed by atoms with Crippen molar-refractivity contribution >= 4 is 5.84 Å². The molecule has 0 aromatic carbocycles. The van der Waals surface area contributed by atoms with E-state index in [4.69, 9.17) is 15.7 Å². The highest BCUT2D eigenvalue weighted by atomic mass is 16.5. The van der Waals surface area contributed by atoms with Crippen LogP contribution in [0.4, 0.5) is 0 Å². The molecule has 1 saturated heterocycles. The van der Waals surface area contributed by atoms with E-state index >= 15 is 0 Å². The van der Waals surface area contributed by atoms with E-state index in [1.165, 1.54) is 0 Å². The zero-order valence-electron chi connectivity index (χ0n) is 9.57. The van der Waals surface area contributed by atoms with Crippen molar-refractivity contribution in [1.29, 1.82) is 0 Å². The SMILES string of the molecule is CC(C)(CCN1CCOCC1)C(N)=NO. The van der Waals surface area contributed by atoms with Crippen molar-refractivity contribution < 1.29 is 9.94 Å². The van der Waals surface area contributed by atoms with Crippen molar-refractivity contribution in [3.63, 3.8) is 0 Å². The van der Waals surface area contributed by atoms with Crippen molar-refractivity contribution in [3.05, 3.63) is 0 Å². The Morgan fingerprint density at radius 2 is 2.07 bits per heavy atom. The summed E-state index contributed by atoms with van der Waals surface area (Å²) < 4.78 is 5.27. The van der Waals surface area contributed by atoms with E-state index in [2.05, 4.69) is 10.1 Å². The fourth-order valence-electron chi connectivity index (χ4n) is 1.53. The highest BCUT2D eigenvalue weighted by Crippen LogP contribution is 2.21. The van der Waals surface area contributed by atoms with E-state index in [1.54, 1.807) is 0 Å². The lowest BCUT2D eigenvalue weighted by Crippen LogP contribution is -2.40. The Hall–Kier alpha value is -0.810. The minimum absolute atomic E-state index is 0.243. The van der Waals surface area contributed by atoms with E-state index < -0.39 is 0 Å². The van der Waals surface area contributed by atoms with E-state index in [0.717, 1.165) is 39.3 Å². The van der Waals surface area contributed by atoms with Crippen LogP contribution in [0.15, 0.2) is 5.16 Å². The van der Waals surface area contributed by atoms with Gasteiger partial charge in [-0.25, -0.2) is 0 Å². The number of hydrogen-bond donors (Lipinski definition) is 2. The van der Waals surface area contributed by atoms with E-state index in [0.29, 0.717) is 5.84 Å². The van der Waals surface area contributed by atoms with Crippen LogP contribution in [0.3, 0.4) is 0 Å². The van der Waals surface area contributed by atoms with Crippen LogP contribution in [0.5, 0.6) is 0 Å². The molecule has 1 heterocycles. The van der Waals surface area contributed by atoms with Gasteiger partial charge in [0.2, 0.25) is 0 Å². The van der Waals surface area contributed by atoms with Crippen molar-refractivity contribution in [2.75, 3.05) is 32.8 Å². The van der Waals surface area contributed by atoms with Crippen LogP contribution in [0.1, 0.15) is 20.3 Å². The molecule has 0 amide bonds. The molecule has 1 fully saturated rings. The van der Waals surface area contributed by atoms with Gasteiger partial charge in [-0.15, -0.1) is 0 Å². The molecule has 0 atom stereocenters. The quantitative estimate of drug-likeness (QED) is 0.310. The maximum atomic E-state index is 8.64. The predicted molar refractivity (Wildman–Crippen MR) is 59.1 cm³/mol. The summed E-state index contributed by atoms with van der Waals surface area (Å²) in [6.07, 6.45) is 0.892. The first-order valence-electron chi connectivity index (χ1n) is 5.34. The molecule has 1 aliphatic rings. The third-order valence-corrected chi connectivity index (χ3v) is 2.96. The molecule has 0 saturated carbocycles. The Kier molecular flexibility index (Phi) is 4.35. The fraction of sp³-hybridized carbons (Fsp3) is 0.900. The Morgan fingerprint density at radius 3 is 2.60 bits per heavy atom. The zero-order chi connectivity index (χ0) is 11.3. The molecule has 0 unspecified atom stereocenters. The summed E-state index contributed by atoms with van der Waals surface area (Å²) in [4.78, 5) is 2.34. The summed E-state index contributed by atoms with van der Waals surface area (Å²) in [6.45, 7) is 8.52. The van der Waals surface area contributed by atoms with E-state index in [1.807, 2.05) is 13.8 Å². The molecule has 1 rings (SSSR count). The number of rotatable bonds is 4. The van der Waals surface area contributed by atoms with Gasteiger partial charge in [-0.3, -0.25) is 4.90 Å². The monoisotopic (exact) mass is 215 g/mol. The molecule has 0 aromatic rings. The van der Waals surface area contributed by atoms with Gasteiger partial charge in [0.05, 0.1) is 13.2 Å². The van der Waals surface area contributed by atoms with Crippen molar-refractivity contribution in [2.45, 2.75) is 20.3 Å². The molecule has 5 heteroatoms. The molecule has 5 nitrogen and oxygen atoms in total. The largest absolute Gasteiger partial charge is 0.409 e. The summed E-state index contributed by atoms with van der Waals surface area (Å²) in [6, 6.07) is 0. The second-order valence-electron chi connectivity index (χ2n) is 4.57. The van der Waals surface area contributed by atoms with Crippen LogP contribution in [-0.4, -0.2) is 48.8 Å². The summed E-state index contributed by atoms with van der Waals surface area (Å²) in [5, 5.41) is 11.7. The Morgan fingerprint density at radius 1 is 1.47 bits per heavy atom. The number of oxime groups is 1. The van der Waals surface area contributed by atoms with Gasteiger partial charge in [-0.05, 0) is 13.0 Å². The van der Waals surface area contributed by atoms with Crippen molar-refractivity contribution in [1.82, 2.24) is 4.90 Å². The van der Waals surface area contributed by atoms with Gasteiger partial charge in [-0.1, -0.05) is 19.0 Å². The lowest BCUT2D eigenvalue weighted by Gasteiger charge is -2.30. The zero-order valence-corrected chi connectivity index (χ0v) is 9.57. The average Bonchev–Trinajstić information content (AvgIpc) is 2.27. The van der Waals surface area contributed by atoms with Crippen LogP contribution in [-0.2, 0) is 4.74 Å². The summed E-state index contributed by atoms with van der Waals surface area (Å²) in [5.41, 5.74) is 5.38. The van der Waals surface area contributed by atoms with Crippen molar-refractivity contribution in [3.8, 4) is 0 Å². The molecule has 88 valence electrons. The van der Waals surface area contributed by atoms with Gasteiger partial charge >= 0.3 is 0 Å². The average molecular weight is 215 g/mol. The van der Waals surface area contributed by atoms with Crippen LogP contribution in [0.25, 0.3) is 0 Å². The minimum Gasteiger partial charge on any atom is -0.409 e. The van der Waals surface area contributed by atoms with Crippen LogP contribution in [0.2, 0.25) is 0 Å². The summed E-state index contributed by atoms with van der Waals surface area (Å²) in [5.74, 6) is 0.302. The number of morpholine rings is 1. The minimum atomic E-state index is -0.243. The van der Waals surface area contributed by atoms with E-state index in [-0.39, 0.29) is 5.41 Å². The Labute approximate surface area is 90.9 Å². The molecular formula is C10H21N3O2. The second-order valence-corrected chi connectivity index (χ2v) is 4.57. The molecule has 0 aliphatic carbocycles. The predicted octanol–water partition coefficient (Wildman–Crippen LogP) is 0.481. The molecule has 0 radical (unpaired) electrons. The first-order valence-corrected chi connectivity index (χ1v) is 5.34. The van der Waals surface area contributed by atoms with Crippen molar-refractivity contribution in [2.24, 2.45) is 16.3 Å². The number of nitrogens with two attached hydrogens (primary N) is 1. The highest BCUT2D eigenvalue weighted by molar-refractivity contribution is 5.85. The summed E-state index contributed by atoms with van der Waals surface area (Å²) >= 11 is 0. The lowest BCUT2D eigenvalue weighted by molar-refractivity contribution is 0.0347. The first kappa shape index (κ1) is 12.3. The molecule has 15 heavy (non-hydrogen) atoms. The Bertz CT molecular complexity index is 223. The third-order valence-electron chi connectivity index (χ3n) is 2.96. The van der Waals surface area contributed by atoms with E-state index in [9.17, 15) is 0 Å². The maximum Gasteiger partial charge on any atom is 0.144 e. The van der Waals surface area contributed by atoms with Gasteiger partial charge in [-0.2, -0.15) is 0 Å². The fourth-order valence-corrected chi connectivity index (χ4v) is 1.53. The molecule has 0 spiro atoms. The third kappa shape index (κ3) is 3.68. The summed E-state index contributed by atoms with van der Waals surface area (Å²) in [7, 11) is 0. The first-order chi connectivity index (χ1) is 7.06. The van der Waals surface area contributed by atoms with Crippen LogP contribution in [0, 0.1) is 5.41 Å². The molecule has 3 N–H and O–H groups in total. The molecular weight excluding hydrogens is 194 g/mol. The van der Waals surface area contributed by atoms with Gasteiger partial charge in [0, 0.05) is 18.5 Å². The molecule has 0 bridgehead atoms. The maximum absolute atomic E-state index is 8.64.